The second-order valence-corrected chi connectivity index (χ2v) is 3.25. The predicted octanol–water partition coefficient (Wildman–Crippen LogP) is 1.50. The molecular weight excluding hydrogens is 204 g/mol. The van der Waals surface area contributed by atoms with Gasteiger partial charge in [0.15, 0.2) is 6.04 Å². The van der Waals surface area contributed by atoms with E-state index in [0.29, 0.717) is 5.56 Å². The third kappa shape index (κ3) is 2.12. The highest BCUT2D eigenvalue weighted by Crippen LogP contribution is 2.32. The van der Waals surface area contributed by atoms with Crippen molar-refractivity contribution in [3.8, 4) is 0 Å². The highest BCUT2D eigenvalue weighted by Gasteiger charge is 2.44. The quantitative estimate of drug-likeness (QED) is 0.803. The second-order valence-electron chi connectivity index (χ2n) is 3.25. The minimum absolute atomic E-state index is 0.319. The van der Waals surface area contributed by atoms with Crippen molar-refractivity contribution in [2.45, 2.75) is 18.9 Å². The lowest BCUT2D eigenvalue weighted by Gasteiger charge is -2.22. The van der Waals surface area contributed by atoms with Gasteiger partial charge in [0.25, 0.3) is 5.92 Å². The zero-order chi connectivity index (χ0) is 11.6. The summed E-state index contributed by atoms with van der Waals surface area (Å²) in [7, 11) is 0. The number of carbonyl (C=O) groups is 1. The fourth-order valence-electron chi connectivity index (χ4n) is 1.27. The van der Waals surface area contributed by atoms with E-state index in [1.807, 2.05) is 0 Å². The highest BCUT2D eigenvalue weighted by molar-refractivity contribution is 5.75. The number of carboxylic acids is 1. The Morgan fingerprint density at radius 2 is 2.00 bits per heavy atom. The van der Waals surface area contributed by atoms with E-state index in [9.17, 15) is 13.6 Å². The Labute approximate surface area is 85.5 Å². The van der Waals surface area contributed by atoms with Gasteiger partial charge in [-0.1, -0.05) is 24.3 Å². The summed E-state index contributed by atoms with van der Waals surface area (Å²) < 4.78 is 27.1. The molecule has 0 aromatic heterocycles. The summed E-state index contributed by atoms with van der Waals surface area (Å²) in [6.45, 7) is 1.48. The first-order valence-corrected chi connectivity index (χ1v) is 4.29. The Morgan fingerprint density at radius 1 is 1.47 bits per heavy atom. The molecule has 1 atom stereocenters. The van der Waals surface area contributed by atoms with Crippen LogP contribution in [0.4, 0.5) is 8.78 Å². The van der Waals surface area contributed by atoms with Gasteiger partial charge in [-0.05, 0) is 12.5 Å². The van der Waals surface area contributed by atoms with Crippen molar-refractivity contribution in [3.05, 3.63) is 35.4 Å². The first-order valence-electron chi connectivity index (χ1n) is 4.29. The Bertz CT molecular complexity index is 379. The molecule has 0 heterocycles. The Hall–Kier alpha value is -1.49. The Kier molecular flexibility index (Phi) is 3.04. The summed E-state index contributed by atoms with van der Waals surface area (Å²) >= 11 is 0. The maximum atomic E-state index is 13.6. The molecule has 0 aliphatic carbocycles. The maximum absolute atomic E-state index is 13.6. The lowest BCUT2D eigenvalue weighted by molar-refractivity contribution is -0.149. The molecule has 0 saturated carbocycles. The minimum atomic E-state index is -3.56. The number of hydrogen-bond acceptors (Lipinski definition) is 2. The van der Waals surface area contributed by atoms with E-state index in [-0.39, 0.29) is 5.56 Å². The van der Waals surface area contributed by atoms with Crippen molar-refractivity contribution in [2.24, 2.45) is 5.73 Å². The van der Waals surface area contributed by atoms with Crippen LogP contribution < -0.4 is 5.73 Å². The summed E-state index contributed by atoms with van der Waals surface area (Å²) in [5, 5.41) is 8.46. The van der Waals surface area contributed by atoms with Crippen molar-refractivity contribution < 1.29 is 18.7 Å². The van der Waals surface area contributed by atoms with E-state index < -0.39 is 17.9 Å². The normalized spacial score (nSPS) is 13.6. The van der Waals surface area contributed by atoms with Gasteiger partial charge in [0.1, 0.15) is 0 Å². The molecule has 0 aliphatic heterocycles. The summed E-state index contributed by atoms with van der Waals surface area (Å²) in [4.78, 5) is 10.4. The number of aliphatic carboxylic acids is 1. The first kappa shape index (κ1) is 11.6. The molecule has 3 nitrogen and oxygen atoms in total. The van der Waals surface area contributed by atoms with Crippen molar-refractivity contribution in [1.29, 1.82) is 0 Å². The van der Waals surface area contributed by atoms with Gasteiger partial charge >= 0.3 is 5.97 Å². The second kappa shape index (κ2) is 3.94. The third-order valence-electron chi connectivity index (χ3n) is 2.16. The summed E-state index contributed by atoms with van der Waals surface area (Å²) in [6, 6.07) is 3.46. The smallest absolute Gasteiger partial charge is 0.327 e. The largest absolute Gasteiger partial charge is 0.480 e. The van der Waals surface area contributed by atoms with Gasteiger partial charge in [-0.15, -0.1) is 0 Å². The Morgan fingerprint density at radius 3 is 2.47 bits per heavy atom. The SMILES string of the molecule is Cc1ccccc1C(F)(F)C(N)C(=O)O. The minimum Gasteiger partial charge on any atom is -0.480 e. The Balaban J connectivity index is 3.16. The molecule has 1 rings (SSSR count). The van der Waals surface area contributed by atoms with Gasteiger partial charge in [-0.25, -0.2) is 0 Å². The molecule has 1 aromatic carbocycles. The molecule has 0 aliphatic rings. The molecule has 15 heavy (non-hydrogen) atoms. The van der Waals surface area contributed by atoms with Gasteiger partial charge in [-0.2, -0.15) is 8.78 Å². The van der Waals surface area contributed by atoms with Crippen LogP contribution >= 0.6 is 0 Å². The number of rotatable bonds is 3. The molecule has 0 fully saturated rings. The monoisotopic (exact) mass is 215 g/mol. The van der Waals surface area contributed by atoms with Crippen molar-refractivity contribution >= 4 is 5.97 Å². The van der Waals surface area contributed by atoms with Crippen LogP contribution in [0.3, 0.4) is 0 Å². The number of aryl methyl sites for hydroxylation is 1. The van der Waals surface area contributed by atoms with E-state index >= 15 is 0 Å². The number of carboxylic acid groups (broad SMARTS) is 1. The number of benzene rings is 1. The number of hydrogen-bond donors (Lipinski definition) is 2. The molecule has 0 radical (unpaired) electrons. The molecular formula is C10H11F2NO2. The lowest BCUT2D eigenvalue weighted by atomic mass is 9.97. The standard InChI is InChI=1S/C10H11F2NO2/c1-6-4-2-3-5-7(6)10(11,12)8(13)9(14)15/h2-5,8H,13H2,1H3,(H,14,15). The van der Waals surface area contributed by atoms with Crippen LogP contribution in [0, 0.1) is 6.92 Å². The van der Waals surface area contributed by atoms with Crippen LogP contribution in [0.2, 0.25) is 0 Å². The van der Waals surface area contributed by atoms with E-state index in [1.165, 1.54) is 25.1 Å². The van der Waals surface area contributed by atoms with Crippen molar-refractivity contribution in [2.75, 3.05) is 0 Å². The summed E-state index contributed by atoms with van der Waals surface area (Å²) in [5.74, 6) is -5.28. The van der Waals surface area contributed by atoms with Gasteiger partial charge in [0, 0.05) is 5.56 Å². The van der Waals surface area contributed by atoms with E-state index in [1.54, 1.807) is 6.07 Å². The fourth-order valence-corrected chi connectivity index (χ4v) is 1.27. The maximum Gasteiger partial charge on any atom is 0.327 e. The van der Waals surface area contributed by atoms with Crippen LogP contribution in [0.1, 0.15) is 11.1 Å². The molecule has 82 valence electrons. The summed E-state index contributed by atoms with van der Waals surface area (Å²) in [5.41, 5.74) is 4.92. The molecule has 0 saturated heterocycles. The molecule has 0 spiro atoms. The predicted molar refractivity (Wildman–Crippen MR) is 50.7 cm³/mol. The van der Waals surface area contributed by atoms with Gasteiger partial charge in [0.05, 0.1) is 0 Å². The molecule has 0 bridgehead atoms. The number of alkyl halides is 2. The van der Waals surface area contributed by atoms with Gasteiger partial charge in [-0.3, -0.25) is 4.79 Å². The highest BCUT2D eigenvalue weighted by atomic mass is 19.3. The molecule has 1 unspecified atom stereocenters. The van der Waals surface area contributed by atoms with E-state index in [0.717, 1.165) is 0 Å². The molecule has 1 aromatic rings. The zero-order valence-electron chi connectivity index (χ0n) is 8.08. The van der Waals surface area contributed by atoms with E-state index in [4.69, 9.17) is 10.8 Å². The van der Waals surface area contributed by atoms with Gasteiger partial charge < -0.3 is 10.8 Å². The van der Waals surface area contributed by atoms with Gasteiger partial charge in [0.2, 0.25) is 0 Å². The average molecular weight is 215 g/mol. The van der Waals surface area contributed by atoms with Crippen LogP contribution in [0.15, 0.2) is 24.3 Å². The number of halogens is 2. The molecule has 3 N–H and O–H groups in total. The topological polar surface area (TPSA) is 63.3 Å². The lowest BCUT2D eigenvalue weighted by Crippen LogP contribution is -2.45. The van der Waals surface area contributed by atoms with E-state index in [2.05, 4.69) is 0 Å². The van der Waals surface area contributed by atoms with Crippen LogP contribution in [-0.4, -0.2) is 17.1 Å². The van der Waals surface area contributed by atoms with Crippen molar-refractivity contribution in [1.82, 2.24) is 0 Å². The molecule has 0 amide bonds. The molecule has 5 heteroatoms. The fraction of sp³-hybridized carbons (Fsp3) is 0.300. The number of nitrogens with two attached hydrogens (primary N) is 1. The zero-order valence-corrected chi connectivity index (χ0v) is 8.08. The first-order chi connectivity index (χ1) is 6.87. The average Bonchev–Trinajstić information content (AvgIpc) is 2.16. The third-order valence-corrected chi connectivity index (χ3v) is 2.16. The van der Waals surface area contributed by atoms with Crippen LogP contribution in [-0.2, 0) is 10.7 Å². The van der Waals surface area contributed by atoms with Crippen LogP contribution in [0.5, 0.6) is 0 Å². The van der Waals surface area contributed by atoms with Crippen LogP contribution in [0.25, 0.3) is 0 Å². The summed E-state index contributed by atoms with van der Waals surface area (Å²) in [6.07, 6.45) is 0. The van der Waals surface area contributed by atoms with Crippen molar-refractivity contribution in [3.63, 3.8) is 0 Å².